The predicted octanol–water partition coefficient (Wildman–Crippen LogP) is 5.09. The molecule has 4 rings (SSSR count). The van der Waals surface area contributed by atoms with Crippen LogP contribution in [0.4, 0.5) is 0 Å². The van der Waals surface area contributed by atoms with E-state index in [1.54, 1.807) is 0 Å². The molecule has 2 aromatic carbocycles. The molecule has 2 aliphatic carbocycles. The second-order valence-electron chi connectivity index (χ2n) is 5.69. The van der Waals surface area contributed by atoms with E-state index >= 15 is 0 Å². The molecule has 0 radical (unpaired) electrons. The highest BCUT2D eigenvalue weighted by molar-refractivity contribution is 6.30. The van der Waals surface area contributed by atoms with Crippen molar-refractivity contribution in [3.63, 3.8) is 0 Å². The lowest BCUT2D eigenvalue weighted by molar-refractivity contribution is 0.777. The third kappa shape index (κ3) is 1.74. The van der Waals surface area contributed by atoms with Crippen LogP contribution in [0.3, 0.4) is 0 Å². The van der Waals surface area contributed by atoms with Crippen LogP contribution in [0.15, 0.2) is 60.7 Å². The van der Waals surface area contributed by atoms with Gasteiger partial charge in [-0.2, -0.15) is 0 Å². The molecule has 0 amide bonds. The Morgan fingerprint density at radius 2 is 1.68 bits per heavy atom. The number of benzene rings is 2. The van der Waals surface area contributed by atoms with Gasteiger partial charge in [-0.1, -0.05) is 60.1 Å². The number of hydrogen-bond donors (Lipinski definition) is 0. The summed E-state index contributed by atoms with van der Waals surface area (Å²) in [5, 5.41) is 0.810. The van der Waals surface area contributed by atoms with Gasteiger partial charge in [-0.25, -0.2) is 0 Å². The Balaban J connectivity index is 1.71. The lowest BCUT2D eigenvalue weighted by Crippen LogP contribution is -2.02. The van der Waals surface area contributed by atoms with Gasteiger partial charge in [0.25, 0.3) is 0 Å². The summed E-state index contributed by atoms with van der Waals surface area (Å²) in [5.41, 5.74) is 4.61. The minimum atomic E-state index is 0.330. The fourth-order valence-electron chi connectivity index (χ4n) is 3.47. The molecule has 0 aliphatic heterocycles. The fraction of sp³-hybridized carbons (Fsp3) is 0.222. The molecule has 1 saturated carbocycles. The molecule has 0 nitrogen and oxygen atoms in total. The van der Waals surface area contributed by atoms with Crippen LogP contribution >= 0.6 is 11.6 Å². The SMILES string of the molecule is Clc1ccc(C2=C[C@@]3(c4ccccc4)C[C@H]3C2)cc1. The van der Waals surface area contributed by atoms with Crippen LogP contribution in [0.1, 0.15) is 24.0 Å². The van der Waals surface area contributed by atoms with E-state index in [0.717, 1.165) is 10.9 Å². The van der Waals surface area contributed by atoms with E-state index in [0.29, 0.717) is 5.41 Å². The molecule has 0 spiro atoms. The molecule has 0 heterocycles. The first kappa shape index (κ1) is 11.3. The van der Waals surface area contributed by atoms with Gasteiger partial charge in [-0.3, -0.25) is 0 Å². The molecule has 1 fully saturated rings. The van der Waals surface area contributed by atoms with Crippen molar-refractivity contribution in [1.29, 1.82) is 0 Å². The van der Waals surface area contributed by atoms with Gasteiger partial charge in [0, 0.05) is 10.4 Å². The van der Waals surface area contributed by atoms with Gasteiger partial charge in [0.05, 0.1) is 0 Å². The number of fused-ring (bicyclic) bond motifs is 1. The molecule has 1 heteroatoms. The Bertz CT molecular complexity index is 639. The van der Waals surface area contributed by atoms with Gasteiger partial charge in [0.2, 0.25) is 0 Å². The molecule has 2 aromatic rings. The van der Waals surface area contributed by atoms with Gasteiger partial charge in [-0.05, 0) is 47.6 Å². The molecule has 0 unspecified atom stereocenters. The van der Waals surface area contributed by atoms with Gasteiger partial charge in [0.1, 0.15) is 0 Å². The standard InChI is InChI=1S/C18H15Cl/c19-17-8-6-13(7-9-17)14-10-16-12-18(16,11-14)15-4-2-1-3-5-15/h1-9,11,16H,10,12H2/t16-,18+/m1/s1. The Morgan fingerprint density at radius 1 is 0.947 bits per heavy atom. The maximum absolute atomic E-state index is 5.96. The monoisotopic (exact) mass is 266 g/mol. The number of hydrogen-bond acceptors (Lipinski definition) is 0. The van der Waals surface area contributed by atoms with Gasteiger partial charge >= 0.3 is 0 Å². The third-order valence-electron chi connectivity index (χ3n) is 4.58. The van der Waals surface area contributed by atoms with Gasteiger partial charge in [-0.15, -0.1) is 0 Å². The Hall–Kier alpha value is -1.53. The first-order chi connectivity index (χ1) is 9.28. The first-order valence-electron chi connectivity index (χ1n) is 6.81. The van der Waals surface area contributed by atoms with E-state index in [9.17, 15) is 0 Å². The van der Waals surface area contributed by atoms with Crippen molar-refractivity contribution in [2.75, 3.05) is 0 Å². The zero-order valence-electron chi connectivity index (χ0n) is 10.6. The average molecular weight is 267 g/mol. The second kappa shape index (κ2) is 3.98. The van der Waals surface area contributed by atoms with E-state index in [4.69, 9.17) is 11.6 Å². The first-order valence-corrected chi connectivity index (χ1v) is 7.19. The quantitative estimate of drug-likeness (QED) is 0.711. The highest BCUT2D eigenvalue weighted by atomic mass is 35.5. The van der Waals surface area contributed by atoms with Gasteiger partial charge in [0.15, 0.2) is 0 Å². The number of allylic oxidation sites excluding steroid dienone is 2. The average Bonchev–Trinajstić information content (AvgIpc) is 3.03. The Kier molecular flexibility index (Phi) is 2.37. The third-order valence-corrected chi connectivity index (χ3v) is 4.83. The molecular formula is C18H15Cl. The summed E-state index contributed by atoms with van der Waals surface area (Å²) in [6.45, 7) is 0. The van der Waals surface area contributed by atoms with Crippen molar-refractivity contribution in [2.24, 2.45) is 5.92 Å². The van der Waals surface area contributed by atoms with Crippen molar-refractivity contribution in [3.8, 4) is 0 Å². The largest absolute Gasteiger partial charge is 0.0843 e. The van der Waals surface area contributed by atoms with Crippen molar-refractivity contribution >= 4 is 17.2 Å². The van der Waals surface area contributed by atoms with Crippen LogP contribution in [0, 0.1) is 5.92 Å². The highest BCUT2D eigenvalue weighted by Crippen LogP contribution is 2.64. The number of rotatable bonds is 2. The maximum atomic E-state index is 5.96. The maximum Gasteiger partial charge on any atom is 0.0406 e. The highest BCUT2D eigenvalue weighted by Gasteiger charge is 2.57. The molecule has 2 aliphatic rings. The van der Waals surface area contributed by atoms with Crippen LogP contribution in [0.2, 0.25) is 5.02 Å². The van der Waals surface area contributed by atoms with Crippen LogP contribution in [0.25, 0.3) is 5.57 Å². The van der Waals surface area contributed by atoms with Crippen LogP contribution < -0.4 is 0 Å². The van der Waals surface area contributed by atoms with Crippen LogP contribution in [-0.2, 0) is 5.41 Å². The van der Waals surface area contributed by atoms with Gasteiger partial charge < -0.3 is 0 Å². The summed E-state index contributed by atoms with van der Waals surface area (Å²) in [6.07, 6.45) is 5.01. The molecular weight excluding hydrogens is 252 g/mol. The Morgan fingerprint density at radius 3 is 2.42 bits per heavy atom. The summed E-state index contributed by atoms with van der Waals surface area (Å²) in [7, 11) is 0. The molecule has 2 atom stereocenters. The molecule has 0 aromatic heterocycles. The smallest absolute Gasteiger partial charge is 0.0406 e. The van der Waals surface area contributed by atoms with Crippen molar-refractivity contribution in [3.05, 3.63) is 76.8 Å². The summed E-state index contributed by atoms with van der Waals surface area (Å²) in [4.78, 5) is 0. The zero-order chi connectivity index (χ0) is 12.9. The molecule has 0 N–H and O–H groups in total. The summed E-state index contributed by atoms with van der Waals surface area (Å²) in [6, 6.07) is 19.2. The second-order valence-corrected chi connectivity index (χ2v) is 6.12. The van der Waals surface area contributed by atoms with Crippen molar-refractivity contribution in [2.45, 2.75) is 18.3 Å². The summed E-state index contributed by atoms with van der Waals surface area (Å²) >= 11 is 5.96. The van der Waals surface area contributed by atoms with E-state index in [1.807, 2.05) is 12.1 Å². The zero-order valence-corrected chi connectivity index (χ0v) is 11.4. The predicted molar refractivity (Wildman–Crippen MR) is 80.3 cm³/mol. The van der Waals surface area contributed by atoms with E-state index in [1.165, 1.54) is 29.5 Å². The summed E-state index contributed by atoms with van der Waals surface area (Å²) < 4.78 is 0. The Labute approximate surface area is 118 Å². The lowest BCUT2D eigenvalue weighted by atomic mass is 9.95. The molecule has 0 saturated heterocycles. The van der Waals surface area contributed by atoms with Crippen LogP contribution in [-0.4, -0.2) is 0 Å². The van der Waals surface area contributed by atoms with E-state index in [-0.39, 0.29) is 0 Å². The van der Waals surface area contributed by atoms with Crippen molar-refractivity contribution < 1.29 is 0 Å². The number of halogens is 1. The van der Waals surface area contributed by atoms with Crippen LogP contribution in [0.5, 0.6) is 0 Å². The minimum absolute atomic E-state index is 0.330. The molecule has 0 bridgehead atoms. The lowest BCUT2D eigenvalue weighted by Gasteiger charge is -2.09. The normalized spacial score (nSPS) is 27.8. The summed E-state index contributed by atoms with van der Waals surface area (Å²) in [5.74, 6) is 0.806. The van der Waals surface area contributed by atoms with E-state index < -0.39 is 0 Å². The molecule has 19 heavy (non-hydrogen) atoms. The molecule has 94 valence electrons. The van der Waals surface area contributed by atoms with E-state index in [2.05, 4.69) is 48.5 Å². The fourth-order valence-corrected chi connectivity index (χ4v) is 3.59. The minimum Gasteiger partial charge on any atom is -0.0843 e. The topological polar surface area (TPSA) is 0 Å². The van der Waals surface area contributed by atoms with Crippen molar-refractivity contribution in [1.82, 2.24) is 0 Å².